The zero-order chi connectivity index (χ0) is 15.3. The first-order valence-electron chi connectivity index (χ1n) is 6.18. The Morgan fingerprint density at radius 1 is 1.29 bits per heavy atom. The third-order valence-electron chi connectivity index (χ3n) is 2.45. The maximum absolute atomic E-state index is 12.1. The molecular weight excluding hydrogens is 314 g/mol. The number of rotatable bonds is 7. The molecule has 0 aliphatic rings. The van der Waals surface area contributed by atoms with Gasteiger partial charge >= 0.3 is 0 Å². The molecular formula is C12H15N3O4S2. The Balaban J connectivity index is 2.06. The van der Waals surface area contributed by atoms with Crippen molar-refractivity contribution in [1.82, 2.24) is 10.2 Å². The van der Waals surface area contributed by atoms with E-state index in [0.29, 0.717) is 23.8 Å². The first-order chi connectivity index (χ1) is 10.0. The molecule has 0 fully saturated rings. The van der Waals surface area contributed by atoms with Crippen LogP contribution >= 0.6 is 11.3 Å². The van der Waals surface area contributed by atoms with Crippen LogP contribution in [0.2, 0.25) is 0 Å². The summed E-state index contributed by atoms with van der Waals surface area (Å²) in [4.78, 5) is 0.116. The Bertz CT molecular complexity index is 683. The van der Waals surface area contributed by atoms with Gasteiger partial charge in [0.25, 0.3) is 10.0 Å². The Morgan fingerprint density at radius 2 is 2.00 bits per heavy atom. The molecule has 114 valence electrons. The van der Waals surface area contributed by atoms with E-state index >= 15 is 0 Å². The number of aliphatic hydroxyl groups excluding tert-OH is 1. The van der Waals surface area contributed by atoms with Crippen LogP contribution < -0.4 is 9.46 Å². The fourth-order valence-electron chi connectivity index (χ4n) is 1.48. The van der Waals surface area contributed by atoms with Crippen molar-refractivity contribution >= 4 is 26.5 Å². The summed E-state index contributed by atoms with van der Waals surface area (Å²) in [6, 6.07) is 6.03. The lowest BCUT2D eigenvalue weighted by atomic mass is 10.3. The third kappa shape index (κ3) is 4.38. The minimum atomic E-state index is -3.68. The third-order valence-corrected chi connectivity index (χ3v) is 4.69. The summed E-state index contributed by atoms with van der Waals surface area (Å²) >= 11 is 1.17. The SMILES string of the molecule is Cc1nnc(NS(=O)(=O)c2ccc(OCCCO)cc2)s1. The van der Waals surface area contributed by atoms with Gasteiger partial charge in [-0.05, 0) is 31.2 Å². The molecule has 0 bridgehead atoms. The summed E-state index contributed by atoms with van der Waals surface area (Å²) in [5, 5.41) is 17.0. The predicted molar refractivity (Wildman–Crippen MR) is 79.1 cm³/mol. The van der Waals surface area contributed by atoms with E-state index in [1.165, 1.54) is 23.5 Å². The molecule has 1 heterocycles. The van der Waals surface area contributed by atoms with E-state index in [0.717, 1.165) is 0 Å². The molecule has 0 saturated carbocycles. The average molecular weight is 329 g/mol. The summed E-state index contributed by atoms with van der Waals surface area (Å²) in [5.74, 6) is 0.550. The lowest BCUT2D eigenvalue weighted by Gasteiger charge is -2.07. The van der Waals surface area contributed by atoms with Crippen molar-refractivity contribution in [1.29, 1.82) is 0 Å². The topological polar surface area (TPSA) is 101 Å². The van der Waals surface area contributed by atoms with Crippen LogP contribution in [0, 0.1) is 6.92 Å². The van der Waals surface area contributed by atoms with Crippen LogP contribution in [0.1, 0.15) is 11.4 Å². The van der Waals surface area contributed by atoms with Crippen molar-refractivity contribution < 1.29 is 18.3 Å². The predicted octanol–water partition coefficient (Wildman–Crippen LogP) is 1.41. The van der Waals surface area contributed by atoms with Crippen LogP contribution in [-0.2, 0) is 10.0 Å². The molecule has 0 aliphatic carbocycles. The fourth-order valence-corrected chi connectivity index (χ4v) is 3.30. The van der Waals surface area contributed by atoms with Crippen LogP contribution in [0.4, 0.5) is 5.13 Å². The van der Waals surface area contributed by atoms with Gasteiger partial charge in [-0.15, -0.1) is 10.2 Å². The van der Waals surface area contributed by atoms with Crippen LogP contribution in [0.3, 0.4) is 0 Å². The molecule has 0 saturated heterocycles. The van der Waals surface area contributed by atoms with Crippen molar-refractivity contribution in [3.8, 4) is 5.75 Å². The maximum atomic E-state index is 12.1. The first-order valence-corrected chi connectivity index (χ1v) is 8.48. The van der Waals surface area contributed by atoms with E-state index in [9.17, 15) is 8.42 Å². The van der Waals surface area contributed by atoms with E-state index in [1.54, 1.807) is 19.1 Å². The largest absolute Gasteiger partial charge is 0.494 e. The molecule has 1 aromatic carbocycles. The van der Waals surface area contributed by atoms with Gasteiger partial charge < -0.3 is 9.84 Å². The molecule has 21 heavy (non-hydrogen) atoms. The number of nitrogens with zero attached hydrogens (tertiary/aromatic N) is 2. The Hall–Kier alpha value is -1.71. The number of nitrogens with one attached hydrogen (secondary N) is 1. The van der Waals surface area contributed by atoms with Crippen LogP contribution in [0.5, 0.6) is 5.75 Å². The molecule has 0 radical (unpaired) electrons. The quantitative estimate of drug-likeness (QED) is 0.745. The van der Waals surface area contributed by atoms with Crippen LogP contribution in [0.15, 0.2) is 29.2 Å². The van der Waals surface area contributed by atoms with Gasteiger partial charge in [-0.2, -0.15) is 0 Å². The van der Waals surface area contributed by atoms with Crippen LogP contribution in [-0.4, -0.2) is 36.9 Å². The Labute approximate surface area is 126 Å². The van der Waals surface area contributed by atoms with E-state index in [1.807, 2.05) is 0 Å². The van der Waals surface area contributed by atoms with E-state index in [2.05, 4.69) is 14.9 Å². The van der Waals surface area contributed by atoms with E-state index in [4.69, 9.17) is 9.84 Å². The van der Waals surface area contributed by atoms with E-state index < -0.39 is 10.0 Å². The number of sulfonamides is 1. The molecule has 0 spiro atoms. The van der Waals surface area contributed by atoms with Crippen molar-refractivity contribution in [3.63, 3.8) is 0 Å². The summed E-state index contributed by atoms with van der Waals surface area (Å²) in [5.41, 5.74) is 0. The second kappa shape index (κ2) is 6.83. The summed E-state index contributed by atoms with van der Waals surface area (Å²) in [7, 11) is -3.68. The lowest BCUT2D eigenvalue weighted by Crippen LogP contribution is -2.12. The second-order valence-corrected chi connectivity index (χ2v) is 6.99. The molecule has 9 heteroatoms. The molecule has 2 N–H and O–H groups in total. The van der Waals surface area contributed by atoms with Gasteiger partial charge in [0, 0.05) is 13.0 Å². The summed E-state index contributed by atoms with van der Waals surface area (Å²) in [6.45, 7) is 2.18. The standard InChI is InChI=1S/C12H15N3O4S2/c1-9-13-14-12(20-9)15-21(17,18)11-5-3-10(4-6-11)19-8-2-7-16/h3-6,16H,2,7-8H2,1H3,(H,14,15). The number of benzene rings is 1. The van der Waals surface area contributed by atoms with Gasteiger partial charge in [0.2, 0.25) is 5.13 Å². The molecule has 1 aromatic heterocycles. The monoisotopic (exact) mass is 329 g/mol. The van der Waals surface area contributed by atoms with E-state index in [-0.39, 0.29) is 16.6 Å². The normalized spacial score (nSPS) is 11.3. The summed E-state index contributed by atoms with van der Waals surface area (Å²) in [6.07, 6.45) is 0.526. The highest BCUT2D eigenvalue weighted by atomic mass is 32.2. The number of ether oxygens (including phenoxy) is 1. The summed E-state index contributed by atoms with van der Waals surface area (Å²) < 4.78 is 32.0. The van der Waals surface area contributed by atoms with Crippen molar-refractivity contribution in [2.75, 3.05) is 17.9 Å². The number of anilines is 1. The molecule has 0 unspecified atom stereocenters. The number of aliphatic hydroxyl groups is 1. The molecule has 0 atom stereocenters. The maximum Gasteiger partial charge on any atom is 0.263 e. The van der Waals surface area contributed by atoms with Crippen molar-refractivity contribution in [3.05, 3.63) is 29.3 Å². The van der Waals surface area contributed by atoms with Gasteiger partial charge in [-0.3, -0.25) is 4.72 Å². The first kappa shape index (κ1) is 15.7. The van der Waals surface area contributed by atoms with Gasteiger partial charge in [0.05, 0.1) is 11.5 Å². The zero-order valence-corrected chi connectivity index (χ0v) is 12.9. The molecule has 0 aliphatic heterocycles. The van der Waals surface area contributed by atoms with Crippen molar-refractivity contribution in [2.45, 2.75) is 18.2 Å². The van der Waals surface area contributed by atoms with Gasteiger partial charge in [0.15, 0.2) is 0 Å². The average Bonchev–Trinajstić information content (AvgIpc) is 2.84. The lowest BCUT2D eigenvalue weighted by molar-refractivity contribution is 0.233. The second-order valence-electron chi connectivity index (χ2n) is 4.13. The van der Waals surface area contributed by atoms with Gasteiger partial charge in [0.1, 0.15) is 10.8 Å². The van der Waals surface area contributed by atoms with Crippen LogP contribution in [0.25, 0.3) is 0 Å². The highest BCUT2D eigenvalue weighted by Crippen LogP contribution is 2.21. The molecule has 7 nitrogen and oxygen atoms in total. The minimum absolute atomic E-state index is 0.0532. The van der Waals surface area contributed by atoms with Gasteiger partial charge in [-0.25, -0.2) is 8.42 Å². The number of aromatic nitrogens is 2. The molecule has 0 amide bonds. The number of aryl methyl sites for hydroxylation is 1. The Morgan fingerprint density at radius 3 is 2.57 bits per heavy atom. The highest BCUT2D eigenvalue weighted by molar-refractivity contribution is 7.93. The molecule has 2 rings (SSSR count). The number of hydrogen-bond acceptors (Lipinski definition) is 7. The zero-order valence-electron chi connectivity index (χ0n) is 11.3. The van der Waals surface area contributed by atoms with Crippen molar-refractivity contribution in [2.24, 2.45) is 0 Å². The minimum Gasteiger partial charge on any atom is -0.494 e. The number of hydrogen-bond donors (Lipinski definition) is 2. The smallest absolute Gasteiger partial charge is 0.263 e. The highest BCUT2D eigenvalue weighted by Gasteiger charge is 2.16. The fraction of sp³-hybridized carbons (Fsp3) is 0.333. The van der Waals surface area contributed by atoms with Gasteiger partial charge in [-0.1, -0.05) is 11.3 Å². The molecule has 2 aromatic rings. The Kier molecular flexibility index (Phi) is 5.10.